The second-order valence-corrected chi connectivity index (χ2v) is 9.13. The Balaban J connectivity index is 1.75. The van der Waals surface area contributed by atoms with Gasteiger partial charge in [-0.15, -0.1) is 0 Å². The first-order valence-corrected chi connectivity index (χ1v) is 11.6. The number of anilines is 2. The highest BCUT2D eigenvalue weighted by Crippen LogP contribution is 2.35. The number of rotatable bonds is 8. The number of alkyl halides is 3. The fourth-order valence-corrected chi connectivity index (χ4v) is 3.69. The number of thiazole rings is 1. The zero-order chi connectivity index (χ0) is 27.2. The number of nitrogens with zero attached hydrogens (tertiary/aromatic N) is 5. The number of hydrogen-bond donors (Lipinski definition) is 2. The highest BCUT2D eigenvalue weighted by atomic mass is 32.1. The van der Waals surface area contributed by atoms with Crippen LogP contribution in [0, 0.1) is 6.57 Å². The van der Waals surface area contributed by atoms with Crippen molar-refractivity contribution in [1.82, 2.24) is 19.9 Å². The Morgan fingerprint density at radius 2 is 1.86 bits per heavy atom. The van der Waals surface area contributed by atoms with E-state index in [4.69, 9.17) is 6.57 Å². The third-order valence-electron chi connectivity index (χ3n) is 4.97. The third-order valence-corrected chi connectivity index (χ3v) is 5.93. The predicted molar refractivity (Wildman–Crippen MR) is 134 cm³/mol. The fourth-order valence-electron chi connectivity index (χ4n) is 3.00. The summed E-state index contributed by atoms with van der Waals surface area (Å²) in [6, 6.07) is 3.21. The molecule has 1 unspecified atom stereocenters. The molecule has 0 saturated heterocycles. The molecule has 3 aromatic heterocycles. The molecule has 0 fully saturated rings. The molecule has 3 heterocycles. The Bertz CT molecular complexity index is 1360. The minimum absolute atomic E-state index is 0.108. The summed E-state index contributed by atoms with van der Waals surface area (Å²) in [7, 11) is 3.73. The quantitative estimate of drug-likeness (QED) is 0.316. The lowest BCUT2D eigenvalue weighted by molar-refractivity contribution is -0.134. The summed E-state index contributed by atoms with van der Waals surface area (Å²) in [4.78, 5) is 41.1. The van der Waals surface area contributed by atoms with Crippen LogP contribution in [0.25, 0.3) is 16.0 Å². The average Bonchev–Trinajstić information content (AvgIpc) is 3.33. The van der Waals surface area contributed by atoms with Crippen molar-refractivity contribution >= 4 is 39.8 Å². The van der Waals surface area contributed by atoms with Crippen molar-refractivity contribution in [3.8, 4) is 11.1 Å². The van der Waals surface area contributed by atoms with Crippen molar-refractivity contribution in [2.75, 3.05) is 31.3 Å². The highest BCUT2D eigenvalue weighted by Gasteiger charge is 2.33. The summed E-state index contributed by atoms with van der Waals surface area (Å²) in [5.41, 5.74) is 1.71. The first-order chi connectivity index (χ1) is 17.5. The molecule has 0 bridgehead atoms. The van der Waals surface area contributed by atoms with Crippen LogP contribution in [0.15, 0.2) is 49.1 Å². The summed E-state index contributed by atoms with van der Waals surface area (Å²) in [6.45, 7) is 9.62. The molecule has 0 saturated carbocycles. The molecule has 2 amide bonds. The van der Waals surface area contributed by atoms with Crippen molar-refractivity contribution in [3.63, 3.8) is 0 Å². The van der Waals surface area contributed by atoms with E-state index in [9.17, 15) is 22.8 Å². The minimum Gasteiger partial charge on any atom is -0.316 e. The topological polar surface area (TPSA) is 104 Å². The Morgan fingerprint density at radius 1 is 1.14 bits per heavy atom. The lowest BCUT2D eigenvalue weighted by Crippen LogP contribution is -2.18. The van der Waals surface area contributed by atoms with Crippen molar-refractivity contribution < 1.29 is 22.8 Å². The monoisotopic (exact) mass is 529 g/mol. The summed E-state index contributed by atoms with van der Waals surface area (Å²) in [6.07, 6.45) is 3.63. The van der Waals surface area contributed by atoms with Crippen LogP contribution in [-0.2, 0) is 15.8 Å². The molecule has 0 aliphatic carbocycles. The number of carbonyl (C=O) groups is 2. The molecule has 192 valence electrons. The van der Waals surface area contributed by atoms with Crippen LogP contribution in [0.1, 0.15) is 23.3 Å². The summed E-state index contributed by atoms with van der Waals surface area (Å²) >= 11 is 0.339. The smallest absolute Gasteiger partial charge is 0.316 e. The van der Waals surface area contributed by atoms with E-state index in [0.29, 0.717) is 40.8 Å². The summed E-state index contributed by atoms with van der Waals surface area (Å²) in [5.74, 6) is -1.62. The van der Waals surface area contributed by atoms with Gasteiger partial charge in [-0.25, -0.2) is 9.83 Å². The number of carbonyl (C=O) groups excluding carboxylic acids is 2. The largest absolute Gasteiger partial charge is 0.427 e. The number of likely N-dealkylation sites (N-methyl/N-ethyl adjacent to an activating group) is 1. The average molecular weight is 530 g/mol. The lowest BCUT2D eigenvalue weighted by Gasteiger charge is -2.13. The van der Waals surface area contributed by atoms with Crippen LogP contribution in [0.2, 0.25) is 0 Å². The van der Waals surface area contributed by atoms with E-state index in [1.165, 1.54) is 24.7 Å². The summed E-state index contributed by atoms with van der Waals surface area (Å²) < 4.78 is 38.4. The van der Waals surface area contributed by atoms with Crippen LogP contribution >= 0.6 is 11.3 Å². The Kier molecular flexibility index (Phi) is 8.69. The molecule has 2 N–H and O–H groups in total. The van der Waals surface area contributed by atoms with Crippen LogP contribution in [-0.4, -0.2) is 52.3 Å². The molecule has 0 aromatic carbocycles. The van der Waals surface area contributed by atoms with Crippen molar-refractivity contribution in [3.05, 3.63) is 70.9 Å². The van der Waals surface area contributed by atoms with E-state index in [2.05, 4.69) is 30.4 Å². The molecule has 3 rings (SSSR count). The van der Waals surface area contributed by atoms with Gasteiger partial charge in [0.25, 0.3) is 0 Å². The van der Waals surface area contributed by atoms with Crippen molar-refractivity contribution in [1.29, 1.82) is 0 Å². The Hall–Kier alpha value is -4.15. The molecule has 37 heavy (non-hydrogen) atoms. The molecule has 9 nitrogen and oxygen atoms in total. The van der Waals surface area contributed by atoms with Gasteiger partial charge >= 0.3 is 6.18 Å². The standard InChI is InChI=1S/C24H22F3N7O2S/c1-14(22(36)33-23-31-13-19(37-23)24(25,26)27)15-8-16(11-29-10-15)17-9-18(28-2)21(30-12-17)32-20(35)6-5-7-34(3)4/h5-6,8-14H,7H2,1,3-4H3,(H,30,32,35)(H,31,33,36)/b6-5+. The van der Waals surface area contributed by atoms with Gasteiger partial charge in [0.1, 0.15) is 10.7 Å². The maximum Gasteiger partial charge on any atom is 0.427 e. The highest BCUT2D eigenvalue weighted by molar-refractivity contribution is 7.15. The van der Waals surface area contributed by atoms with E-state index < -0.39 is 28.8 Å². The van der Waals surface area contributed by atoms with Gasteiger partial charge in [-0.2, -0.15) is 13.2 Å². The number of nitrogens with one attached hydrogen (secondary N) is 2. The Morgan fingerprint density at radius 3 is 2.51 bits per heavy atom. The van der Waals surface area contributed by atoms with Gasteiger partial charge < -0.3 is 15.5 Å². The number of amides is 2. The molecule has 0 aliphatic heterocycles. The van der Waals surface area contributed by atoms with E-state index in [0.717, 1.165) is 0 Å². The van der Waals surface area contributed by atoms with Gasteiger partial charge in [0, 0.05) is 36.8 Å². The maximum absolute atomic E-state index is 12.8. The molecule has 0 spiro atoms. The zero-order valence-electron chi connectivity index (χ0n) is 20.0. The second kappa shape index (κ2) is 11.7. The van der Waals surface area contributed by atoms with E-state index in [1.807, 2.05) is 19.0 Å². The normalized spacial score (nSPS) is 12.4. The number of pyridine rings is 2. The van der Waals surface area contributed by atoms with Crippen molar-refractivity contribution in [2.45, 2.75) is 19.0 Å². The molecule has 3 aromatic rings. The van der Waals surface area contributed by atoms with Crippen molar-refractivity contribution in [2.24, 2.45) is 0 Å². The molecule has 13 heteroatoms. The van der Waals surface area contributed by atoms with Crippen LogP contribution in [0.5, 0.6) is 0 Å². The molecule has 1 atom stereocenters. The van der Waals surface area contributed by atoms with Gasteiger partial charge in [-0.05, 0) is 44.3 Å². The fraction of sp³-hybridized carbons (Fsp3) is 0.250. The van der Waals surface area contributed by atoms with Gasteiger partial charge in [0.2, 0.25) is 17.5 Å². The maximum atomic E-state index is 12.8. The van der Waals surface area contributed by atoms with E-state index in [1.54, 1.807) is 25.1 Å². The zero-order valence-corrected chi connectivity index (χ0v) is 20.8. The Labute approximate surface area is 214 Å². The minimum atomic E-state index is -4.54. The molecular formula is C24H22F3N7O2S. The number of halogens is 3. The van der Waals surface area contributed by atoms with E-state index >= 15 is 0 Å². The van der Waals surface area contributed by atoms with E-state index in [-0.39, 0.29) is 16.6 Å². The van der Waals surface area contributed by atoms with Crippen LogP contribution < -0.4 is 10.6 Å². The van der Waals surface area contributed by atoms with Gasteiger partial charge in [0.15, 0.2) is 5.13 Å². The number of aromatic nitrogens is 3. The molecule has 0 radical (unpaired) electrons. The summed E-state index contributed by atoms with van der Waals surface area (Å²) in [5, 5.41) is 4.82. The predicted octanol–water partition coefficient (Wildman–Crippen LogP) is 4.97. The SMILES string of the molecule is [C-]#[N+]c1cc(-c2cncc(C(C)C(=O)Nc3ncc(C(F)(F)F)s3)c2)cnc1NC(=O)/C=C/CN(C)C. The first kappa shape index (κ1) is 27.4. The second-order valence-electron chi connectivity index (χ2n) is 8.10. The van der Waals surface area contributed by atoms with Crippen LogP contribution in [0.4, 0.5) is 29.8 Å². The number of hydrogen-bond acceptors (Lipinski definition) is 7. The van der Waals surface area contributed by atoms with Gasteiger partial charge in [0.05, 0.1) is 18.7 Å². The lowest BCUT2D eigenvalue weighted by atomic mass is 9.99. The van der Waals surface area contributed by atoms with Gasteiger partial charge in [-0.1, -0.05) is 17.4 Å². The first-order valence-electron chi connectivity index (χ1n) is 10.8. The van der Waals surface area contributed by atoms with Gasteiger partial charge in [-0.3, -0.25) is 19.6 Å². The third kappa shape index (κ3) is 7.42. The van der Waals surface area contributed by atoms with Crippen LogP contribution in [0.3, 0.4) is 0 Å². The molecule has 0 aliphatic rings. The molecular weight excluding hydrogens is 507 g/mol.